The molecule has 3 rings (SSSR count). The second-order valence-electron chi connectivity index (χ2n) is 5.24. The molecule has 0 saturated heterocycles. The summed E-state index contributed by atoms with van der Waals surface area (Å²) in [6.45, 7) is 2.05. The molecule has 21 heavy (non-hydrogen) atoms. The van der Waals surface area contributed by atoms with E-state index in [1.165, 1.54) is 22.5 Å². The van der Waals surface area contributed by atoms with E-state index in [2.05, 4.69) is 16.9 Å². The van der Waals surface area contributed by atoms with E-state index in [1.54, 1.807) is 13.0 Å². The van der Waals surface area contributed by atoms with E-state index in [1.807, 2.05) is 12.1 Å². The van der Waals surface area contributed by atoms with Crippen LogP contribution in [0.5, 0.6) is 0 Å². The van der Waals surface area contributed by atoms with E-state index in [4.69, 9.17) is 5.11 Å². The normalized spacial score (nSPS) is 17.3. The second-order valence-corrected chi connectivity index (χ2v) is 8.32. The Balaban J connectivity index is 1.72. The molecule has 0 bridgehead atoms. The fourth-order valence-corrected chi connectivity index (χ4v) is 5.28. The molecule has 2 aromatic rings. The van der Waals surface area contributed by atoms with Crippen molar-refractivity contribution in [2.45, 2.75) is 30.8 Å². The first-order valence-electron chi connectivity index (χ1n) is 6.79. The molecule has 2 N–H and O–H groups in total. The molecule has 112 valence electrons. The predicted molar refractivity (Wildman–Crippen MR) is 83.1 cm³/mol. The van der Waals surface area contributed by atoms with Crippen molar-refractivity contribution in [3.63, 3.8) is 0 Å². The zero-order valence-corrected chi connectivity index (χ0v) is 13.3. The van der Waals surface area contributed by atoms with Crippen LogP contribution in [-0.2, 0) is 23.1 Å². The topological polar surface area (TPSA) is 66.4 Å². The molecule has 6 heteroatoms. The van der Waals surface area contributed by atoms with Gasteiger partial charge in [-0.3, -0.25) is 0 Å². The first-order valence-corrected chi connectivity index (χ1v) is 9.09. The van der Waals surface area contributed by atoms with E-state index >= 15 is 0 Å². The fraction of sp³-hybridized carbons (Fsp3) is 0.333. The third-order valence-electron chi connectivity index (χ3n) is 3.85. The Bertz CT molecular complexity index is 765. The van der Waals surface area contributed by atoms with Crippen LogP contribution in [0.25, 0.3) is 0 Å². The lowest BCUT2D eigenvalue weighted by molar-refractivity contribution is 0.285. The van der Waals surface area contributed by atoms with Crippen molar-refractivity contribution >= 4 is 21.4 Å². The van der Waals surface area contributed by atoms with Gasteiger partial charge in [-0.2, -0.15) is 0 Å². The molecule has 1 atom stereocenters. The summed E-state index contributed by atoms with van der Waals surface area (Å²) in [4.78, 5) is 1.66. The van der Waals surface area contributed by atoms with Crippen LogP contribution in [0.1, 0.15) is 26.8 Å². The van der Waals surface area contributed by atoms with Crippen LogP contribution in [0.3, 0.4) is 0 Å². The first kappa shape index (κ1) is 14.7. The van der Waals surface area contributed by atoms with Gasteiger partial charge in [0.1, 0.15) is 0 Å². The number of nitrogens with one attached hydrogen (secondary N) is 1. The van der Waals surface area contributed by atoms with Crippen LogP contribution < -0.4 is 4.72 Å². The molecule has 0 amide bonds. The molecule has 1 unspecified atom stereocenters. The number of hydrogen-bond acceptors (Lipinski definition) is 4. The summed E-state index contributed by atoms with van der Waals surface area (Å²) in [7, 11) is -3.50. The summed E-state index contributed by atoms with van der Waals surface area (Å²) in [6, 6.07) is 9.67. The maximum atomic E-state index is 12.4. The Labute approximate surface area is 128 Å². The average Bonchev–Trinajstić information content (AvgIpc) is 2.82. The van der Waals surface area contributed by atoms with Crippen molar-refractivity contribution in [3.8, 4) is 0 Å². The number of aliphatic hydroxyl groups excluding tert-OH is 1. The molecule has 0 saturated carbocycles. The maximum absolute atomic E-state index is 12.4. The van der Waals surface area contributed by atoms with Gasteiger partial charge < -0.3 is 5.11 Å². The van der Waals surface area contributed by atoms with Crippen molar-refractivity contribution in [2.75, 3.05) is 6.54 Å². The molecule has 0 spiro atoms. The van der Waals surface area contributed by atoms with Crippen molar-refractivity contribution < 1.29 is 13.5 Å². The third kappa shape index (κ3) is 2.76. The largest absolute Gasteiger partial charge is 0.391 e. The first-order chi connectivity index (χ1) is 10.0. The third-order valence-corrected chi connectivity index (χ3v) is 6.56. The Morgan fingerprint density at radius 2 is 2.14 bits per heavy atom. The fourth-order valence-electron chi connectivity index (χ4n) is 2.70. The molecule has 0 aliphatic heterocycles. The van der Waals surface area contributed by atoms with E-state index in [0.29, 0.717) is 16.3 Å². The highest BCUT2D eigenvalue weighted by atomic mass is 32.2. The quantitative estimate of drug-likeness (QED) is 0.886. The lowest BCUT2D eigenvalue weighted by Crippen LogP contribution is -2.33. The van der Waals surface area contributed by atoms with E-state index in [0.717, 1.165) is 6.42 Å². The highest BCUT2D eigenvalue weighted by Crippen LogP contribution is 2.34. The minimum Gasteiger partial charge on any atom is -0.391 e. The van der Waals surface area contributed by atoms with Crippen LogP contribution >= 0.6 is 11.3 Å². The molecule has 1 aliphatic rings. The Morgan fingerprint density at radius 3 is 2.81 bits per heavy atom. The highest BCUT2D eigenvalue weighted by molar-refractivity contribution is 7.89. The zero-order valence-electron chi connectivity index (χ0n) is 11.7. The monoisotopic (exact) mass is 323 g/mol. The number of benzene rings is 1. The summed E-state index contributed by atoms with van der Waals surface area (Å²) in [5, 5.41) is 9.11. The van der Waals surface area contributed by atoms with Gasteiger partial charge in [0.2, 0.25) is 10.0 Å². The Morgan fingerprint density at radius 1 is 1.38 bits per heavy atom. The number of hydrogen-bond donors (Lipinski definition) is 2. The SMILES string of the molecule is Cc1sc(CO)cc1S(=O)(=O)NCC1Cc2ccccc21. The number of rotatable bonds is 5. The summed E-state index contributed by atoms with van der Waals surface area (Å²) >= 11 is 1.31. The van der Waals surface area contributed by atoms with Gasteiger partial charge in [-0.15, -0.1) is 11.3 Å². The van der Waals surface area contributed by atoms with Crippen LogP contribution in [0.2, 0.25) is 0 Å². The second kappa shape index (κ2) is 5.53. The molecular weight excluding hydrogens is 306 g/mol. The summed E-state index contributed by atoms with van der Waals surface area (Å²) in [5.74, 6) is 0.257. The number of aliphatic hydroxyl groups is 1. The van der Waals surface area contributed by atoms with Crippen molar-refractivity contribution in [1.29, 1.82) is 0 Å². The minimum absolute atomic E-state index is 0.128. The number of thiophene rings is 1. The minimum atomic E-state index is -3.50. The summed E-state index contributed by atoms with van der Waals surface area (Å²) in [5.41, 5.74) is 2.54. The van der Waals surface area contributed by atoms with Gasteiger partial charge in [-0.05, 0) is 30.5 Å². The lowest BCUT2D eigenvalue weighted by Gasteiger charge is -2.30. The Kier molecular flexibility index (Phi) is 3.88. The summed E-state index contributed by atoms with van der Waals surface area (Å²) < 4.78 is 27.4. The van der Waals surface area contributed by atoms with Gasteiger partial charge in [0.05, 0.1) is 11.5 Å². The Hall–Kier alpha value is -1.21. The van der Waals surface area contributed by atoms with Gasteiger partial charge >= 0.3 is 0 Å². The molecule has 4 nitrogen and oxygen atoms in total. The molecule has 1 aliphatic carbocycles. The van der Waals surface area contributed by atoms with Gasteiger partial charge in [0, 0.05) is 22.2 Å². The van der Waals surface area contributed by atoms with E-state index in [9.17, 15) is 8.42 Å². The van der Waals surface area contributed by atoms with Gasteiger partial charge in [0.15, 0.2) is 0 Å². The van der Waals surface area contributed by atoms with E-state index < -0.39 is 10.0 Å². The molecule has 1 aromatic carbocycles. The molecule has 0 radical (unpaired) electrons. The highest BCUT2D eigenvalue weighted by Gasteiger charge is 2.28. The summed E-state index contributed by atoms with van der Waals surface area (Å²) in [6.07, 6.45) is 0.920. The molecular formula is C15H17NO3S2. The van der Waals surface area contributed by atoms with Crippen LogP contribution in [-0.4, -0.2) is 20.1 Å². The lowest BCUT2D eigenvalue weighted by atomic mass is 9.78. The van der Waals surface area contributed by atoms with Gasteiger partial charge in [-0.25, -0.2) is 13.1 Å². The molecule has 1 aromatic heterocycles. The average molecular weight is 323 g/mol. The molecule has 1 heterocycles. The molecule has 0 fully saturated rings. The van der Waals surface area contributed by atoms with Gasteiger partial charge in [-0.1, -0.05) is 24.3 Å². The number of fused-ring (bicyclic) bond motifs is 1. The van der Waals surface area contributed by atoms with Crippen molar-refractivity contribution in [1.82, 2.24) is 4.72 Å². The predicted octanol–water partition coefficient (Wildman–Crippen LogP) is 2.17. The van der Waals surface area contributed by atoms with Crippen LogP contribution in [0.4, 0.5) is 0 Å². The van der Waals surface area contributed by atoms with Gasteiger partial charge in [0.25, 0.3) is 0 Å². The maximum Gasteiger partial charge on any atom is 0.241 e. The van der Waals surface area contributed by atoms with Crippen LogP contribution in [0, 0.1) is 6.92 Å². The smallest absolute Gasteiger partial charge is 0.241 e. The van der Waals surface area contributed by atoms with Crippen LogP contribution in [0.15, 0.2) is 35.2 Å². The van der Waals surface area contributed by atoms with Crippen molar-refractivity contribution in [3.05, 3.63) is 51.2 Å². The van der Waals surface area contributed by atoms with E-state index in [-0.39, 0.29) is 17.4 Å². The number of aryl methyl sites for hydroxylation is 1. The number of sulfonamides is 1. The standard InChI is InChI=1S/C15H17NO3S2/c1-10-15(7-13(9-17)20-10)21(18,19)16-8-12-6-11-4-2-3-5-14(11)12/h2-5,7,12,16-17H,6,8-9H2,1H3. The zero-order chi connectivity index (χ0) is 15.0. The van der Waals surface area contributed by atoms with Crippen molar-refractivity contribution in [2.24, 2.45) is 0 Å².